The van der Waals surface area contributed by atoms with Gasteiger partial charge in [-0.3, -0.25) is 4.79 Å². The third-order valence-electron chi connectivity index (χ3n) is 6.57. The highest BCUT2D eigenvalue weighted by Crippen LogP contribution is 2.50. The highest BCUT2D eigenvalue weighted by atomic mass is 16.4. The number of fused-ring (bicyclic) bond motifs is 2. The zero-order valence-corrected chi connectivity index (χ0v) is 17.7. The van der Waals surface area contributed by atoms with Crippen LogP contribution in [0.4, 0.5) is 6.01 Å². The normalized spacial score (nSPS) is 21.5. The summed E-state index contributed by atoms with van der Waals surface area (Å²) >= 11 is 0. The second-order valence-electron chi connectivity index (χ2n) is 8.71. The van der Waals surface area contributed by atoms with E-state index in [0.717, 1.165) is 28.8 Å². The lowest BCUT2D eigenvalue weighted by atomic mass is 9.99. The Hall–Kier alpha value is -3.74. The highest BCUT2D eigenvalue weighted by molar-refractivity contribution is 6.01. The Kier molecular flexibility index (Phi) is 4.41. The van der Waals surface area contributed by atoms with Gasteiger partial charge in [0.25, 0.3) is 11.9 Å². The van der Waals surface area contributed by atoms with Crippen LogP contribution in [0.3, 0.4) is 0 Å². The van der Waals surface area contributed by atoms with E-state index in [1.807, 2.05) is 66.4 Å². The van der Waals surface area contributed by atoms with Gasteiger partial charge in [-0.15, -0.1) is 0 Å². The lowest BCUT2D eigenvalue weighted by molar-refractivity contribution is 0.0715. The van der Waals surface area contributed by atoms with Crippen LogP contribution in [0, 0.1) is 18.8 Å². The third-order valence-corrected chi connectivity index (χ3v) is 6.57. The van der Waals surface area contributed by atoms with E-state index < -0.39 is 0 Å². The fraction of sp³-hybridized carbons (Fsp3) is 0.280. The van der Waals surface area contributed by atoms with Crippen LogP contribution >= 0.6 is 0 Å². The van der Waals surface area contributed by atoms with Crippen molar-refractivity contribution in [3.8, 4) is 11.3 Å². The van der Waals surface area contributed by atoms with Crippen LogP contribution in [0.1, 0.15) is 22.3 Å². The number of anilines is 1. The molecule has 2 aromatic heterocycles. The lowest BCUT2D eigenvalue weighted by Gasteiger charge is -2.28. The number of aryl methyl sites for hydroxylation is 1. The fourth-order valence-electron chi connectivity index (χ4n) is 4.86. The van der Waals surface area contributed by atoms with Gasteiger partial charge < -0.3 is 14.6 Å². The van der Waals surface area contributed by atoms with Gasteiger partial charge >= 0.3 is 0 Å². The summed E-state index contributed by atoms with van der Waals surface area (Å²) in [4.78, 5) is 20.3. The second-order valence-corrected chi connectivity index (χ2v) is 8.71. The number of likely N-dealkylation sites (tertiary alicyclic amines) is 1. The number of nitrogens with one attached hydrogen (secondary N) is 1. The minimum Gasteiger partial charge on any atom is -0.424 e. The Morgan fingerprint density at radius 1 is 1.19 bits per heavy atom. The molecule has 1 N–H and O–H groups in total. The molecule has 2 aliphatic rings. The summed E-state index contributed by atoms with van der Waals surface area (Å²) in [5.41, 5.74) is 4.84. The van der Waals surface area contributed by atoms with Crippen LogP contribution in [0.15, 0.2) is 65.2 Å². The largest absolute Gasteiger partial charge is 0.424 e. The zero-order valence-electron chi connectivity index (χ0n) is 17.7. The molecule has 3 unspecified atom stereocenters. The quantitative estimate of drug-likeness (QED) is 0.517. The molecule has 0 bridgehead atoms. The van der Waals surface area contributed by atoms with Crippen molar-refractivity contribution in [1.82, 2.24) is 20.1 Å². The van der Waals surface area contributed by atoms with Crippen LogP contribution in [0.2, 0.25) is 0 Å². The number of aromatic nitrogens is 3. The van der Waals surface area contributed by atoms with Crippen molar-refractivity contribution in [3.63, 3.8) is 0 Å². The number of benzene rings is 2. The van der Waals surface area contributed by atoms with Crippen molar-refractivity contribution in [2.45, 2.75) is 19.4 Å². The summed E-state index contributed by atoms with van der Waals surface area (Å²) in [6.07, 6.45) is 2.81. The van der Waals surface area contributed by atoms with E-state index in [0.29, 0.717) is 35.7 Å². The summed E-state index contributed by atoms with van der Waals surface area (Å²) in [7, 11) is 0. The van der Waals surface area contributed by atoms with Crippen LogP contribution in [-0.2, 0) is 0 Å². The van der Waals surface area contributed by atoms with Gasteiger partial charge in [-0.05, 0) is 55.5 Å². The van der Waals surface area contributed by atoms with Crippen molar-refractivity contribution in [2.75, 3.05) is 18.4 Å². The molecule has 32 heavy (non-hydrogen) atoms. The first-order valence-electron chi connectivity index (χ1n) is 11.0. The van der Waals surface area contributed by atoms with E-state index in [1.54, 1.807) is 6.20 Å². The van der Waals surface area contributed by atoms with Gasteiger partial charge in [0.1, 0.15) is 5.52 Å². The topological polar surface area (TPSA) is 84.2 Å². The first-order chi connectivity index (χ1) is 15.7. The highest BCUT2D eigenvalue weighted by Gasteiger charge is 2.54. The summed E-state index contributed by atoms with van der Waals surface area (Å²) < 4.78 is 5.81. The van der Waals surface area contributed by atoms with Gasteiger partial charge in [0.15, 0.2) is 5.58 Å². The molecule has 160 valence electrons. The number of hydrogen-bond acceptors (Lipinski definition) is 6. The minimum atomic E-state index is 0.0471. The number of nitrogens with zero attached hydrogens (tertiary/aromatic N) is 4. The van der Waals surface area contributed by atoms with E-state index in [2.05, 4.69) is 20.5 Å². The van der Waals surface area contributed by atoms with E-state index in [1.165, 1.54) is 6.42 Å². The molecular formula is C25H23N5O2. The second kappa shape index (κ2) is 7.44. The van der Waals surface area contributed by atoms with Crippen molar-refractivity contribution in [2.24, 2.45) is 11.8 Å². The maximum Gasteiger partial charge on any atom is 0.295 e. The van der Waals surface area contributed by atoms with Crippen molar-refractivity contribution in [1.29, 1.82) is 0 Å². The molecule has 7 nitrogen and oxygen atoms in total. The van der Waals surface area contributed by atoms with Gasteiger partial charge in [0.2, 0.25) is 0 Å². The average Bonchev–Trinajstić information content (AvgIpc) is 3.31. The van der Waals surface area contributed by atoms with Crippen molar-refractivity contribution >= 4 is 23.0 Å². The standard InChI is InChI=1S/C25H23N5O2/c1-15-8-9-17(20-6-4-10-27-29-20)19(11-15)24(31)30-14-16-12-18(16)22(30)13-26-25-28-21-5-2-3-7-23(21)32-25/h2-11,16,18,22H,12-14H2,1H3,(H,26,28). The summed E-state index contributed by atoms with van der Waals surface area (Å²) in [6, 6.07) is 18.0. The first kappa shape index (κ1) is 19.0. The van der Waals surface area contributed by atoms with Crippen LogP contribution in [-0.4, -0.2) is 45.1 Å². The van der Waals surface area contributed by atoms with Gasteiger partial charge in [0, 0.05) is 30.4 Å². The number of carbonyl (C=O) groups excluding carboxylic acids is 1. The van der Waals surface area contributed by atoms with E-state index >= 15 is 0 Å². The van der Waals surface area contributed by atoms with Crippen LogP contribution in [0.5, 0.6) is 0 Å². The number of amides is 1. The molecule has 3 atom stereocenters. The first-order valence-corrected chi connectivity index (χ1v) is 11.0. The molecular weight excluding hydrogens is 402 g/mol. The Labute approximate surface area is 185 Å². The average molecular weight is 425 g/mol. The molecule has 6 rings (SSSR count). The third kappa shape index (κ3) is 3.30. The van der Waals surface area contributed by atoms with E-state index in [9.17, 15) is 4.79 Å². The lowest BCUT2D eigenvalue weighted by Crippen LogP contribution is -2.42. The number of oxazole rings is 1. The van der Waals surface area contributed by atoms with Crippen molar-refractivity contribution < 1.29 is 9.21 Å². The molecule has 1 aliphatic carbocycles. The van der Waals surface area contributed by atoms with E-state index in [4.69, 9.17) is 4.42 Å². The molecule has 1 saturated carbocycles. The summed E-state index contributed by atoms with van der Waals surface area (Å²) in [5.74, 6) is 1.16. The summed E-state index contributed by atoms with van der Waals surface area (Å²) in [6.45, 7) is 3.41. The molecule has 7 heteroatoms. The number of carbonyl (C=O) groups is 1. The Morgan fingerprint density at radius 2 is 2.09 bits per heavy atom. The van der Waals surface area contributed by atoms with Gasteiger partial charge in [-0.25, -0.2) is 0 Å². The number of rotatable bonds is 5. The predicted molar refractivity (Wildman–Crippen MR) is 121 cm³/mol. The van der Waals surface area contributed by atoms with E-state index in [-0.39, 0.29) is 11.9 Å². The molecule has 1 saturated heterocycles. The fourth-order valence-corrected chi connectivity index (χ4v) is 4.86. The number of hydrogen-bond donors (Lipinski definition) is 1. The maximum absolute atomic E-state index is 13.7. The Bertz CT molecular complexity index is 1270. The molecule has 2 aromatic carbocycles. The Balaban J connectivity index is 1.26. The Morgan fingerprint density at radius 3 is 2.94 bits per heavy atom. The zero-order chi connectivity index (χ0) is 21.7. The summed E-state index contributed by atoms with van der Waals surface area (Å²) in [5, 5.41) is 11.6. The van der Waals surface area contributed by atoms with Crippen LogP contribution < -0.4 is 5.32 Å². The SMILES string of the molecule is Cc1ccc(-c2cccnn2)c(C(=O)N2CC3CC3C2CNc2nc3ccccc3o2)c1. The predicted octanol–water partition coefficient (Wildman–Crippen LogP) is 4.17. The molecule has 4 aromatic rings. The molecule has 3 heterocycles. The van der Waals surface area contributed by atoms with Gasteiger partial charge in [-0.1, -0.05) is 29.8 Å². The van der Waals surface area contributed by atoms with Gasteiger partial charge in [-0.2, -0.15) is 15.2 Å². The minimum absolute atomic E-state index is 0.0471. The molecule has 1 amide bonds. The monoisotopic (exact) mass is 425 g/mol. The molecule has 1 aliphatic heterocycles. The number of para-hydroxylation sites is 2. The molecule has 2 fully saturated rings. The molecule has 0 radical (unpaired) electrons. The number of piperidine rings is 1. The van der Waals surface area contributed by atoms with Crippen LogP contribution in [0.25, 0.3) is 22.4 Å². The van der Waals surface area contributed by atoms with Crippen molar-refractivity contribution in [3.05, 3.63) is 71.9 Å². The molecule has 0 spiro atoms. The van der Waals surface area contributed by atoms with Gasteiger partial charge in [0.05, 0.1) is 11.7 Å². The maximum atomic E-state index is 13.7. The smallest absolute Gasteiger partial charge is 0.295 e.